The molecule has 2 rings (SSSR count). The second-order valence-electron chi connectivity index (χ2n) is 6.41. The number of phenolic OH excluding ortho intramolecular Hbond substituents is 1. The summed E-state index contributed by atoms with van der Waals surface area (Å²) in [6.07, 6.45) is -0.816. The Morgan fingerprint density at radius 3 is 2.32 bits per heavy atom. The van der Waals surface area contributed by atoms with Gasteiger partial charge < -0.3 is 28.4 Å². The molecule has 0 heterocycles. The number of benzene rings is 2. The number of carbonyl (C=O) groups excluding carboxylic acids is 2. The van der Waals surface area contributed by atoms with Crippen molar-refractivity contribution < 1.29 is 42.5 Å². The molecule has 0 spiro atoms. The maximum absolute atomic E-state index is 12.4. The largest absolute Gasteiger partial charge is 0.507 e. The lowest BCUT2D eigenvalue weighted by molar-refractivity contribution is -0.116. The normalized spacial score (nSPS) is 11.2. The molecule has 0 radical (unpaired) electrons. The summed E-state index contributed by atoms with van der Waals surface area (Å²) in [5, 5.41) is 10.3. The molecule has 0 saturated carbocycles. The Kier molecular flexibility index (Phi) is 9.21. The average molecular weight is 452 g/mol. The average Bonchev–Trinajstić information content (AvgIpc) is 2.76. The van der Waals surface area contributed by atoms with Crippen LogP contribution in [0.4, 0.5) is 0 Å². The van der Waals surface area contributed by atoms with E-state index in [1.807, 2.05) is 30.3 Å². The Labute approximate surface area is 180 Å². The van der Waals surface area contributed by atoms with Crippen LogP contribution < -0.4 is 4.74 Å². The van der Waals surface area contributed by atoms with E-state index in [2.05, 4.69) is 0 Å². The number of ketones is 1. The van der Waals surface area contributed by atoms with Crippen LogP contribution in [0.5, 0.6) is 11.5 Å². The molecule has 31 heavy (non-hydrogen) atoms. The van der Waals surface area contributed by atoms with Crippen molar-refractivity contribution in [3.05, 3.63) is 59.2 Å². The van der Waals surface area contributed by atoms with E-state index in [-0.39, 0.29) is 30.1 Å². The van der Waals surface area contributed by atoms with Crippen molar-refractivity contribution in [2.45, 2.75) is 13.0 Å². The van der Waals surface area contributed by atoms with Gasteiger partial charge in [-0.05, 0) is 17.2 Å². The van der Waals surface area contributed by atoms with Crippen LogP contribution in [-0.2, 0) is 40.9 Å². The molecule has 0 atom stereocenters. The highest BCUT2D eigenvalue weighted by molar-refractivity contribution is 7.54. The van der Waals surface area contributed by atoms with Crippen molar-refractivity contribution in [3.8, 4) is 11.5 Å². The van der Waals surface area contributed by atoms with Crippen LogP contribution in [0, 0.1) is 0 Å². The Hall–Kier alpha value is -2.71. The first-order valence-corrected chi connectivity index (χ1v) is 11.0. The number of methoxy groups -OCH3 is 1. The Morgan fingerprint density at radius 2 is 1.71 bits per heavy atom. The molecule has 0 aliphatic carbocycles. The summed E-state index contributed by atoms with van der Waals surface area (Å²) in [4.78, 5) is 24.5. The van der Waals surface area contributed by atoms with Gasteiger partial charge >= 0.3 is 13.6 Å². The highest BCUT2D eigenvalue weighted by Crippen LogP contribution is 2.46. The summed E-state index contributed by atoms with van der Waals surface area (Å²) in [5.41, 5.74) is 0.925. The van der Waals surface area contributed by atoms with E-state index in [1.54, 1.807) is 0 Å². The van der Waals surface area contributed by atoms with E-state index in [4.69, 9.17) is 23.3 Å². The Morgan fingerprint density at radius 1 is 1.03 bits per heavy atom. The number of aromatic hydroxyl groups is 1. The highest BCUT2D eigenvalue weighted by atomic mass is 31.2. The molecule has 1 N–H and O–H groups in total. The molecule has 0 aliphatic rings. The van der Waals surface area contributed by atoms with E-state index >= 15 is 0 Å². The van der Waals surface area contributed by atoms with Gasteiger partial charge in [0.05, 0.1) is 13.7 Å². The maximum atomic E-state index is 12.4. The zero-order valence-corrected chi connectivity index (χ0v) is 18.4. The maximum Gasteiger partial charge on any atom is 0.341 e. The van der Waals surface area contributed by atoms with Gasteiger partial charge in [-0.15, -0.1) is 0 Å². The summed E-state index contributed by atoms with van der Waals surface area (Å²) in [7, 11) is -0.0747. The summed E-state index contributed by atoms with van der Waals surface area (Å²) in [6, 6.07) is 12.1. The van der Waals surface area contributed by atoms with Gasteiger partial charge in [0.2, 0.25) is 0 Å². The molecule has 168 valence electrons. The van der Waals surface area contributed by atoms with Gasteiger partial charge in [0.25, 0.3) is 0 Å². The number of Topliss-reactive ketones (excluding diaryl/α,β-unsaturated/α-hetero) is 1. The quantitative estimate of drug-likeness (QED) is 0.224. The molecule has 0 amide bonds. The number of phenols is 1. The van der Waals surface area contributed by atoms with E-state index < -0.39 is 31.3 Å². The van der Waals surface area contributed by atoms with Crippen LogP contribution in [0.1, 0.15) is 21.5 Å². The highest BCUT2D eigenvalue weighted by Gasteiger charge is 2.27. The molecule has 10 heteroatoms. The molecule has 0 saturated heterocycles. The minimum Gasteiger partial charge on any atom is -0.507 e. The fourth-order valence-electron chi connectivity index (χ4n) is 2.75. The molecule has 0 aromatic heterocycles. The third kappa shape index (κ3) is 7.18. The summed E-state index contributed by atoms with van der Waals surface area (Å²) >= 11 is 0. The Balaban J connectivity index is 2.14. The summed E-state index contributed by atoms with van der Waals surface area (Å²) in [5.74, 6) is -1.58. The number of carbonyl (C=O) groups is 2. The van der Waals surface area contributed by atoms with Crippen LogP contribution in [0.15, 0.2) is 42.5 Å². The summed E-state index contributed by atoms with van der Waals surface area (Å²) in [6.45, 7) is 0.198. The SMILES string of the molecule is COC(=O)c1c(O)cc(OCOCc2ccccc2)cc1CC(=O)CP(=O)(OC)OC. The summed E-state index contributed by atoms with van der Waals surface area (Å²) < 4.78 is 37.4. The standard InChI is InChI=1S/C21H25O9P/c1-26-21(24)20-16(9-17(22)13-31(25,27-2)28-3)10-18(11-19(20)23)30-14-29-12-15-7-5-4-6-8-15/h4-8,10-11,23H,9,12-14H2,1-3H3. The predicted octanol–water partition coefficient (Wildman–Crippen LogP) is 3.33. The molecule has 0 unspecified atom stereocenters. The number of esters is 1. The van der Waals surface area contributed by atoms with Gasteiger partial charge in [0.1, 0.15) is 29.0 Å². The van der Waals surface area contributed by atoms with E-state index in [9.17, 15) is 19.3 Å². The third-order valence-corrected chi connectivity index (χ3v) is 6.15. The van der Waals surface area contributed by atoms with Crippen molar-refractivity contribution >= 4 is 19.3 Å². The lowest BCUT2D eigenvalue weighted by Gasteiger charge is -2.15. The van der Waals surface area contributed by atoms with Gasteiger partial charge in [0.15, 0.2) is 6.79 Å². The van der Waals surface area contributed by atoms with Crippen LogP contribution >= 0.6 is 7.60 Å². The molecular weight excluding hydrogens is 427 g/mol. The molecule has 0 bridgehead atoms. The first kappa shape index (κ1) is 24.6. The van der Waals surface area contributed by atoms with Crippen LogP contribution in [0.3, 0.4) is 0 Å². The Bertz CT molecular complexity index is 935. The monoisotopic (exact) mass is 452 g/mol. The van der Waals surface area contributed by atoms with Crippen molar-refractivity contribution in [2.24, 2.45) is 0 Å². The second kappa shape index (κ2) is 11.6. The van der Waals surface area contributed by atoms with Crippen molar-refractivity contribution in [2.75, 3.05) is 34.3 Å². The zero-order chi connectivity index (χ0) is 22.9. The topological polar surface area (TPSA) is 118 Å². The number of ether oxygens (including phenoxy) is 3. The lowest BCUT2D eigenvalue weighted by Crippen LogP contribution is -2.15. The van der Waals surface area contributed by atoms with E-state index in [0.717, 1.165) is 12.7 Å². The van der Waals surface area contributed by atoms with Crippen LogP contribution in [0.25, 0.3) is 0 Å². The minimum absolute atomic E-state index is 0.123. The number of hydrogen-bond acceptors (Lipinski definition) is 9. The van der Waals surface area contributed by atoms with E-state index in [0.29, 0.717) is 6.61 Å². The predicted molar refractivity (Wildman–Crippen MR) is 111 cm³/mol. The van der Waals surface area contributed by atoms with Crippen molar-refractivity contribution in [1.29, 1.82) is 0 Å². The molecule has 2 aromatic rings. The van der Waals surface area contributed by atoms with Crippen LogP contribution in [0.2, 0.25) is 0 Å². The minimum atomic E-state index is -3.57. The van der Waals surface area contributed by atoms with Gasteiger partial charge in [0, 0.05) is 26.7 Å². The van der Waals surface area contributed by atoms with Crippen molar-refractivity contribution in [1.82, 2.24) is 0 Å². The van der Waals surface area contributed by atoms with E-state index in [1.165, 1.54) is 26.4 Å². The fourth-order valence-corrected chi connectivity index (χ4v) is 3.70. The molecule has 0 fully saturated rings. The second-order valence-corrected chi connectivity index (χ2v) is 8.68. The fraction of sp³-hybridized carbons (Fsp3) is 0.333. The van der Waals surface area contributed by atoms with Crippen molar-refractivity contribution in [3.63, 3.8) is 0 Å². The first-order valence-electron chi connectivity index (χ1n) is 9.22. The van der Waals surface area contributed by atoms with Gasteiger partial charge in [-0.2, -0.15) is 0 Å². The van der Waals surface area contributed by atoms with Gasteiger partial charge in [-0.25, -0.2) is 4.79 Å². The number of rotatable bonds is 12. The molecule has 2 aromatic carbocycles. The van der Waals surface area contributed by atoms with Gasteiger partial charge in [-0.3, -0.25) is 9.36 Å². The van der Waals surface area contributed by atoms with Gasteiger partial charge in [-0.1, -0.05) is 30.3 Å². The van der Waals surface area contributed by atoms with Crippen LogP contribution in [-0.4, -0.2) is 51.1 Å². The smallest absolute Gasteiger partial charge is 0.341 e. The first-order chi connectivity index (χ1) is 14.8. The molecular formula is C21H25O9P. The molecule has 0 aliphatic heterocycles. The lowest BCUT2D eigenvalue weighted by atomic mass is 10.0. The zero-order valence-electron chi connectivity index (χ0n) is 17.5. The third-order valence-electron chi connectivity index (χ3n) is 4.30. The molecule has 9 nitrogen and oxygen atoms in total. The number of hydrogen-bond donors (Lipinski definition) is 1.